The fraction of sp³-hybridized carbons (Fsp3) is 0.846. The molecular weight excluding hydrogens is 170 g/mol. The standard InChI is InChI=1S/C13H23N/c1-2-5-9-12(8-4-1)14-13-10-6-3-7-11-13/h4,8,12-14H,1-3,5-7,9-11H2/t12-/m1/s1. The number of hydrogen-bond acceptors (Lipinski definition) is 1. The summed E-state index contributed by atoms with van der Waals surface area (Å²) in [5, 5.41) is 3.81. The quantitative estimate of drug-likeness (QED) is 0.663. The molecule has 2 aliphatic carbocycles. The van der Waals surface area contributed by atoms with Crippen molar-refractivity contribution in [3.63, 3.8) is 0 Å². The number of nitrogens with one attached hydrogen (secondary N) is 1. The molecule has 1 N–H and O–H groups in total. The van der Waals surface area contributed by atoms with E-state index in [2.05, 4.69) is 17.5 Å². The molecule has 0 amide bonds. The molecule has 0 aromatic rings. The minimum absolute atomic E-state index is 0.681. The van der Waals surface area contributed by atoms with Crippen molar-refractivity contribution >= 4 is 0 Å². The Labute approximate surface area is 88.0 Å². The van der Waals surface area contributed by atoms with E-state index < -0.39 is 0 Å². The Kier molecular flexibility index (Phi) is 4.05. The van der Waals surface area contributed by atoms with Crippen LogP contribution in [0.25, 0.3) is 0 Å². The molecule has 2 aliphatic rings. The molecule has 1 atom stereocenters. The average molecular weight is 193 g/mol. The maximum atomic E-state index is 3.81. The van der Waals surface area contributed by atoms with Crippen LogP contribution in [0.3, 0.4) is 0 Å². The van der Waals surface area contributed by atoms with Gasteiger partial charge in [0.25, 0.3) is 0 Å². The topological polar surface area (TPSA) is 12.0 Å². The first kappa shape index (κ1) is 10.2. The molecule has 0 bridgehead atoms. The van der Waals surface area contributed by atoms with E-state index >= 15 is 0 Å². The molecule has 0 unspecified atom stereocenters. The van der Waals surface area contributed by atoms with E-state index in [4.69, 9.17) is 0 Å². The van der Waals surface area contributed by atoms with Gasteiger partial charge >= 0.3 is 0 Å². The van der Waals surface area contributed by atoms with Gasteiger partial charge in [0.2, 0.25) is 0 Å². The summed E-state index contributed by atoms with van der Waals surface area (Å²) < 4.78 is 0. The van der Waals surface area contributed by atoms with Gasteiger partial charge in [-0.15, -0.1) is 0 Å². The molecule has 0 spiro atoms. The third-order valence-electron chi connectivity index (χ3n) is 3.56. The van der Waals surface area contributed by atoms with Gasteiger partial charge in [-0.1, -0.05) is 37.8 Å². The van der Waals surface area contributed by atoms with Gasteiger partial charge in [-0.3, -0.25) is 0 Å². The van der Waals surface area contributed by atoms with Gasteiger partial charge in [0.1, 0.15) is 0 Å². The lowest BCUT2D eigenvalue weighted by Crippen LogP contribution is -2.38. The highest BCUT2D eigenvalue weighted by atomic mass is 14.9. The molecule has 1 fully saturated rings. The molecule has 0 aromatic carbocycles. The summed E-state index contributed by atoms with van der Waals surface area (Å²) in [7, 11) is 0. The lowest BCUT2D eigenvalue weighted by atomic mass is 9.94. The minimum Gasteiger partial charge on any atom is -0.308 e. The zero-order chi connectivity index (χ0) is 9.64. The smallest absolute Gasteiger partial charge is 0.0252 e. The van der Waals surface area contributed by atoms with Crippen LogP contribution in [0.4, 0.5) is 0 Å². The van der Waals surface area contributed by atoms with Crippen molar-refractivity contribution in [2.24, 2.45) is 0 Å². The summed E-state index contributed by atoms with van der Waals surface area (Å²) in [6.45, 7) is 0. The van der Waals surface area contributed by atoms with Crippen LogP contribution in [-0.4, -0.2) is 12.1 Å². The SMILES string of the molecule is C1=C[C@@H](NC2CCCCC2)CCCC1. The molecule has 14 heavy (non-hydrogen) atoms. The Morgan fingerprint density at radius 2 is 1.64 bits per heavy atom. The monoisotopic (exact) mass is 193 g/mol. The lowest BCUT2D eigenvalue weighted by Gasteiger charge is -2.26. The molecular formula is C13H23N. The predicted octanol–water partition coefficient (Wildman–Crippen LogP) is 3.41. The van der Waals surface area contributed by atoms with Crippen LogP contribution in [-0.2, 0) is 0 Å². The third-order valence-corrected chi connectivity index (χ3v) is 3.56. The van der Waals surface area contributed by atoms with E-state index in [0.717, 1.165) is 6.04 Å². The number of allylic oxidation sites excluding steroid dienone is 1. The summed E-state index contributed by atoms with van der Waals surface area (Å²) >= 11 is 0. The lowest BCUT2D eigenvalue weighted by molar-refractivity contribution is 0.347. The third kappa shape index (κ3) is 3.13. The van der Waals surface area contributed by atoms with E-state index in [9.17, 15) is 0 Å². The van der Waals surface area contributed by atoms with Crippen LogP contribution in [0.5, 0.6) is 0 Å². The summed E-state index contributed by atoms with van der Waals surface area (Å²) in [5.74, 6) is 0. The maximum Gasteiger partial charge on any atom is 0.0252 e. The minimum atomic E-state index is 0.681. The van der Waals surface area contributed by atoms with Crippen LogP contribution in [0.2, 0.25) is 0 Å². The first-order valence-electron chi connectivity index (χ1n) is 6.38. The first-order chi connectivity index (χ1) is 6.95. The molecule has 0 aromatic heterocycles. The average Bonchev–Trinajstić information content (AvgIpc) is 2.48. The Hall–Kier alpha value is -0.300. The van der Waals surface area contributed by atoms with E-state index in [0.29, 0.717) is 6.04 Å². The Balaban J connectivity index is 1.76. The van der Waals surface area contributed by atoms with Crippen LogP contribution < -0.4 is 5.32 Å². The fourth-order valence-electron chi connectivity index (χ4n) is 2.69. The second-order valence-electron chi connectivity index (χ2n) is 4.82. The van der Waals surface area contributed by atoms with Crippen molar-refractivity contribution in [2.75, 3.05) is 0 Å². The van der Waals surface area contributed by atoms with Crippen LogP contribution in [0, 0.1) is 0 Å². The Morgan fingerprint density at radius 1 is 0.857 bits per heavy atom. The highest BCUT2D eigenvalue weighted by Gasteiger charge is 2.16. The predicted molar refractivity (Wildman–Crippen MR) is 61.4 cm³/mol. The van der Waals surface area contributed by atoms with Gasteiger partial charge in [-0.25, -0.2) is 0 Å². The van der Waals surface area contributed by atoms with Crippen molar-refractivity contribution in [3.8, 4) is 0 Å². The van der Waals surface area contributed by atoms with Crippen LogP contribution in [0.1, 0.15) is 57.8 Å². The van der Waals surface area contributed by atoms with Crippen LogP contribution in [0.15, 0.2) is 12.2 Å². The van der Waals surface area contributed by atoms with Crippen molar-refractivity contribution in [1.82, 2.24) is 5.32 Å². The van der Waals surface area contributed by atoms with Crippen molar-refractivity contribution in [3.05, 3.63) is 12.2 Å². The van der Waals surface area contributed by atoms with E-state index in [1.54, 1.807) is 0 Å². The molecule has 1 nitrogen and oxygen atoms in total. The molecule has 0 aliphatic heterocycles. The van der Waals surface area contributed by atoms with E-state index in [1.165, 1.54) is 57.8 Å². The van der Waals surface area contributed by atoms with Gasteiger partial charge in [0.05, 0.1) is 0 Å². The highest BCUT2D eigenvalue weighted by molar-refractivity contribution is 4.97. The zero-order valence-electron chi connectivity index (χ0n) is 9.17. The summed E-state index contributed by atoms with van der Waals surface area (Å²) in [6, 6.07) is 1.50. The van der Waals surface area contributed by atoms with Gasteiger partial charge < -0.3 is 5.32 Å². The van der Waals surface area contributed by atoms with Gasteiger partial charge in [0, 0.05) is 12.1 Å². The highest BCUT2D eigenvalue weighted by Crippen LogP contribution is 2.19. The summed E-state index contributed by atoms with van der Waals surface area (Å²) in [4.78, 5) is 0. The molecule has 1 heteroatoms. The summed E-state index contributed by atoms with van der Waals surface area (Å²) in [5.41, 5.74) is 0. The first-order valence-corrected chi connectivity index (χ1v) is 6.38. The van der Waals surface area contributed by atoms with Crippen molar-refractivity contribution in [2.45, 2.75) is 69.9 Å². The van der Waals surface area contributed by atoms with Crippen LogP contribution >= 0.6 is 0 Å². The molecule has 1 saturated carbocycles. The normalized spacial score (nSPS) is 30.1. The maximum absolute atomic E-state index is 3.81. The largest absolute Gasteiger partial charge is 0.308 e. The fourth-order valence-corrected chi connectivity index (χ4v) is 2.69. The molecule has 80 valence electrons. The van der Waals surface area contributed by atoms with E-state index in [-0.39, 0.29) is 0 Å². The zero-order valence-corrected chi connectivity index (χ0v) is 9.17. The Bertz CT molecular complexity index is 180. The number of hydrogen-bond donors (Lipinski definition) is 1. The van der Waals surface area contributed by atoms with Gasteiger partial charge in [0.15, 0.2) is 0 Å². The van der Waals surface area contributed by atoms with E-state index in [1.807, 2.05) is 0 Å². The van der Waals surface area contributed by atoms with Crippen molar-refractivity contribution < 1.29 is 0 Å². The van der Waals surface area contributed by atoms with Gasteiger partial charge in [-0.05, 0) is 32.1 Å². The van der Waals surface area contributed by atoms with Crippen molar-refractivity contribution in [1.29, 1.82) is 0 Å². The molecule has 0 saturated heterocycles. The Morgan fingerprint density at radius 3 is 2.50 bits per heavy atom. The number of rotatable bonds is 2. The van der Waals surface area contributed by atoms with Gasteiger partial charge in [-0.2, -0.15) is 0 Å². The molecule has 2 rings (SSSR count). The second kappa shape index (κ2) is 5.55. The molecule has 0 radical (unpaired) electrons. The second-order valence-corrected chi connectivity index (χ2v) is 4.82. The molecule has 0 heterocycles. The summed E-state index contributed by atoms with van der Waals surface area (Å²) in [6.07, 6.45) is 17.4.